The number of hydrogen-bond donors (Lipinski definition) is 0. The van der Waals surface area contributed by atoms with Crippen molar-refractivity contribution in [1.82, 2.24) is 5.06 Å². The molecule has 0 spiro atoms. The number of likely N-dealkylation sites (N-methyl/N-ethyl adjacent to an activating group) is 1. The molecule has 0 saturated carbocycles. The molecule has 1 atom stereocenters. The number of carbonyl (C=O) groups excluding carboxylic acids is 2. The van der Waals surface area contributed by atoms with Gasteiger partial charge in [-0.3, -0.25) is 0 Å². The Morgan fingerprint density at radius 3 is 2.07 bits per heavy atom. The number of esters is 2. The Morgan fingerprint density at radius 1 is 0.867 bits per heavy atom. The molecule has 0 radical (unpaired) electrons. The monoisotopic (exact) mass is 407 g/mol. The van der Waals surface area contributed by atoms with Crippen LogP contribution >= 0.6 is 0 Å². The van der Waals surface area contributed by atoms with Crippen LogP contribution in [-0.2, 0) is 49.6 Å². The largest absolute Gasteiger partial charge is 0.465 e. The van der Waals surface area contributed by atoms with Crippen molar-refractivity contribution < 1.29 is 23.9 Å². The third-order valence-electron chi connectivity index (χ3n) is 5.81. The van der Waals surface area contributed by atoms with Crippen molar-refractivity contribution in [3.8, 4) is 0 Å². The number of hydroxylamine groups is 2. The van der Waals surface area contributed by atoms with E-state index in [9.17, 15) is 9.59 Å². The average molecular weight is 407 g/mol. The lowest BCUT2D eigenvalue weighted by molar-refractivity contribution is -0.152. The summed E-state index contributed by atoms with van der Waals surface area (Å²) >= 11 is 0. The fourth-order valence-electron chi connectivity index (χ4n) is 4.18. The van der Waals surface area contributed by atoms with Crippen LogP contribution in [0, 0.1) is 0 Å². The van der Waals surface area contributed by atoms with Gasteiger partial charge in [0.15, 0.2) is 0 Å². The van der Waals surface area contributed by atoms with Crippen molar-refractivity contribution in [2.45, 2.75) is 31.7 Å². The molecule has 1 heterocycles. The van der Waals surface area contributed by atoms with E-state index >= 15 is 0 Å². The first-order chi connectivity index (χ1) is 14.5. The predicted molar refractivity (Wildman–Crippen MR) is 110 cm³/mol. The van der Waals surface area contributed by atoms with E-state index in [-0.39, 0.29) is 11.3 Å². The van der Waals surface area contributed by atoms with Crippen LogP contribution in [0.15, 0.2) is 53.8 Å². The Hall–Kier alpha value is -3.12. The van der Waals surface area contributed by atoms with E-state index in [0.29, 0.717) is 0 Å². The number of rotatable bonds is 3. The van der Waals surface area contributed by atoms with Crippen LogP contribution in [0.1, 0.15) is 33.9 Å². The van der Waals surface area contributed by atoms with Crippen LogP contribution < -0.4 is 0 Å². The maximum absolute atomic E-state index is 12.6. The van der Waals surface area contributed by atoms with Gasteiger partial charge in [0.1, 0.15) is 11.6 Å². The third-order valence-corrected chi connectivity index (χ3v) is 5.81. The summed E-state index contributed by atoms with van der Waals surface area (Å²) in [6, 6.07) is 14.6. The van der Waals surface area contributed by atoms with Crippen LogP contribution in [0.2, 0.25) is 0 Å². The molecule has 1 unspecified atom stereocenters. The van der Waals surface area contributed by atoms with E-state index in [0.717, 1.165) is 36.8 Å². The van der Waals surface area contributed by atoms with Crippen LogP contribution in [0.4, 0.5) is 0 Å². The fourth-order valence-corrected chi connectivity index (χ4v) is 4.18. The zero-order valence-corrected chi connectivity index (χ0v) is 17.4. The summed E-state index contributed by atoms with van der Waals surface area (Å²) in [6.45, 7) is 0. The normalized spacial score (nSPS) is 18.6. The molecule has 5 aliphatic rings. The van der Waals surface area contributed by atoms with Gasteiger partial charge >= 0.3 is 11.9 Å². The molecule has 6 nitrogen and oxygen atoms in total. The quantitative estimate of drug-likeness (QED) is 0.729. The van der Waals surface area contributed by atoms with E-state index in [4.69, 9.17) is 14.3 Å². The lowest BCUT2D eigenvalue weighted by Gasteiger charge is -2.24. The molecule has 2 aromatic rings. The topological polar surface area (TPSA) is 65.1 Å². The number of aryl methyl sites for hydroxylation is 4. The summed E-state index contributed by atoms with van der Waals surface area (Å²) in [5.41, 5.74) is 5.96. The van der Waals surface area contributed by atoms with E-state index in [1.165, 1.54) is 36.0 Å². The molecule has 1 aliphatic heterocycles. The first-order valence-corrected chi connectivity index (χ1v) is 10.0. The summed E-state index contributed by atoms with van der Waals surface area (Å²) in [4.78, 5) is 30.6. The molecule has 2 aromatic carbocycles. The Kier molecular flexibility index (Phi) is 5.59. The van der Waals surface area contributed by atoms with Crippen molar-refractivity contribution in [2.75, 3.05) is 21.3 Å². The van der Waals surface area contributed by atoms with Crippen molar-refractivity contribution in [3.63, 3.8) is 0 Å². The summed E-state index contributed by atoms with van der Waals surface area (Å²) in [5.74, 6) is -1.42. The van der Waals surface area contributed by atoms with E-state index in [2.05, 4.69) is 42.5 Å². The van der Waals surface area contributed by atoms with E-state index in [1.54, 1.807) is 7.05 Å². The highest BCUT2D eigenvalue weighted by Crippen LogP contribution is 2.40. The van der Waals surface area contributed by atoms with Crippen molar-refractivity contribution in [1.29, 1.82) is 0 Å². The van der Waals surface area contributed by atoms with Crippen LogP contribution in [0.5, 0.6) is 0 Å². The SMILES string of the molecule is COC(=O)C1=C(C(=O)OC)C(c2cc3ccc2CCc2ccc(cc2)CC3)N(C)O1. The number of methoxy groups -OCH3 is 2. The molecule has 0 fully saturated rings. The Morgan fingerprint density at radius 2 is 1.43 bits per heavy atom. The summed E-state index contributed by atoms with van der Waals surface area (Å²) in [5, 5.41) is 1.53. The molecule has 4 bridgehead atoms. The van der Waals surface area contributed by atoms with Gasteiger partial charge in [0.05, 0.1) is 14.2 Å². The standard InChI is InChI=1S/C24H25NO5/c1-25-21(20(23(26)28-2)22(30-25)24(27)29-3)19-14-17-9-8-15-4-6-16(7-5-15)10-12-18(19)13-11-17/h4-7,11,13-14,21H,8-10,12H2,1-3H3. The molecule has 0 aromatic heterocycles. The third kappa shape index (κ3) is 3.71. The molecule has 0 saturated heterocycles. The second kappa shape index (κ2) is 8.32. The van der Waals surface area contributed by atoms with Gasteiger partial charge in [0.25, 0.3) is 0 Å². The Labute approximate surface area is 176 Å². The van der Waals surface area contributed by atoms with Crippen LogP contribution in [0.3, 0.4) is 0 Å². The minimum atomic E-state index is -0.698. The highest BCUT2D eigenvalue weighted by atomic mass is 16.7. The zero-order chi connectivity index (χ0) is 21.3. The summed E-state index contributed by atoms with van der Waals surface area (Å²) < 4.78 is 9.81. The van der Waals surface area contributed by atoms with Crippen LogP contribution in [0.25, 0.3) is 0 Å². The molecule has 6 heteroatoms. The molecule has 7 rings (SSSR count). The average Bonchev–Trinajstić information content (AvgIpc) is 3.11. The Balaban J connectivity index is 1.81. The van der Waals surface area contributed by atoms with Gasteiger partial charge in [-0.2, -0.15) is 0 Å². The Bertz CT molecular complexity index is 1010. The molecular formula is C24H25NO5. The van der Waals surface area contributed by atoms with E-state index in [1.807, 2.05) is 0 Å². The highest BCUT2D eigenvalue weighted by molar-refractivity contribution is 6.00. The summed E-state index contributed by atoms with van der Waals surface area (Å²) in [7, 11) is 4.27. The first-order valence-electron chi connectivity index (χ1n) is 10.0. The van der Waals surface area contributed by atoms with Crippen molar-refractivity contribution in [3.05, 3.63) is 81.6 Å². The zero-order valence-electron chi connectivity index (χ0n) is 17.4. The van der Waals surface area contributed by atoms with Gasteiger partial charge in [-0.25, -0.2) is 9.59 Å². The summed E-state index contributed by atoms with van der Waals surface area (Å²) in [6.07, 6.45) is 3.50. The smallest absolute Gasteiger partial charge is 0.376 e. The van der Waals surface area contributed by atoms with Crippen molar-refractivity contribution >= 4 is 11.9 Å². The number of hydrogen-bond acceptors (Lipinski definition) is 6. The predicted octanol–water partition coefficient (Wildman–Crippen LogP) is 3.09. The molecular weight excluding hydrogens is 382 g/mol. The molecule has 0 amide bonds. The second-order valence-electron chi connectivity index (χ2n) is 7.62. The fraction of sp³-hybridized carbons (Fsp3) is 0.333. The maximum Gasteiger partial charge on any atom is 0.376 e. The minimum absolute atomic E-state index is 0.121. The lowest BCUT2D eigenvalue weighted by atomic mass is 9.88. The molecule has 30 heavy (non-hydrogen) atoms. The van der Waals surface area contributed by atoms with Gasteiger partial charge in [0.2, 0.25) is 5.76 Å². The van der Waals surface area contributed by atoms with Gasteiger partial charge in [0, 0.05) is 7.05 Å². The lowest BCUT2D eigenvalue weighted by Crippen LogP contribution is -2.24. The molecule has 4 aliphatic carbocycles. The maximum atomic E-state index is 12.6. The van der Waals surface area contributed by atoms with Gasteiger partial charge in [-0.05, 0) is 53.5 Å². The number of benzene rings is 2. The number of nitrogens with zero attached hydrogens (tertiary/aromatic N) is 1. The second-order valence-corrected chi connectivity index (χ2v) is 7.62. The number of ether oxygens (including phenoxy) is 2. The van der Waals surface area contributed by atoms with Gasteiger partial charge in [-0.15, -0.1) is 5.06 Å². The van der Waals surface area contributed by atoms with Crippen LogP contribution in [-0.4, -0.2) is 38.3 Å². The molecule has 156 valence electrons. The minimum Gasteiger partial charge on any atom is -0.465 e. The van der Waals surface area contributed by atoms with Crippen molar-refractivity contribution in [2.24, 2.45) is 0 Å². The van der Waals surface area contributed by atoms with Gasteiger partial charge in [-0.1, -0.05) is 42.5 Å². The van der Waals surface area contributed by atoms with Gasteiger partial charge < -0.3 is 14.3 Å². The first kappa shape index (κ1) is 20.2. The number of carbonyl (C=O) groups is 2. The van der Waals surface area contributed by atoms with E-state index < -0.39 is 18.0 Å². The highest BCUT2D eigenvalue weighted by Gasteiger charge is 2.43. The molecule has 0 N–H and O–H groups in total.